The number of benzene rings is 1. The Labute approximate surface area is 140 Å². The molecule has 5 heteroatoms. The Balaban J connectivity index is 1.98. The second-order valence-corrected chi connectivity index (χ2v) is 6.04. The van der Waals surface area contributed by atoms with E-state index in [4.69, 9.17) is 4.74 Å². The summed E-state index contributed by atoms with van der Waals surface area (Å²) in [5, 5.41) is 6.73. The van der Waals surface area contributed by atoms with E-state index in [0.29, 0.717) is 12.6 Å². The van der Waals surface area contributed by atoms with Crippen LogP contribution in [0.15, 0.2) is 29.3 Å². The van der Waals surface area contributed by atoms with Gasteiger partial charge in [-0.25, -0.2) is 0 Å². The predicted molar refractivity (Wildman–Crippen MR) is 96.0 cm³/mol. The fourth-order valence-corrected chi connectivity index (χ4v) is 2.99. The van der Waals surface area contributed by atoms with Gasteiger partial charge in [-0.3, -0.25) is 9.89 Å². The molecule has 0 aliphatic carbocycles. The van der Waals surface area contributed by atoms with E-state index in [1.54, 1.807) is 14.2 Å². The highest BCUT2D eigenvalue weighted by Crippen LogP contribution is 2.24. The Bertz CT molecular complexity index is 480. The average Bonchev–Trinajstić information content (AvgIpc) is 3.09. The largest absolute Gasteiger partial charge is 0.383 e. The van der Waals surface area contributed by atoms with Crippen molar-refractivity contribution >= 4 is 5.96 Å². The monoisotopic (exact) mass is 318 g/mol. The van der Waals surface area contributed by atoms with E-state index < -0.39 is 0 Å². The number of nitrogens with zero attached hydrogens (tertiary/aromatic N) is 2. The van der Waals surface area contributed by atoms with Crippen molar-refractivity contribution in [3.8, 4) is 0 Å². The zero-order valence-electron chi connectivity index (χ0n) is 14.6. The number of rotatable bonds is 7. The van der Waals surface area contributed by atoms with Gasteiger partial charge in [-0.2, -0.15) is 0 Å². The average molecular weight is 318 g/mol. The maximum Gasteiger partial charge on any atom is 0.191 e. The van der Waals surface area contributed by atoms with Gasteiger partial charge in [0.1, 0.15) is 0 Å². The molecule has 1 aromatic rings. The molecule has 2 N–H and O–H groups in total. The van der Waals surface area contributed by atoms with Gasteiger partial charge in [0, 0.05) is 27.2 Å². The quantitative estimate of drug-likeness (QED) is 0.458. The van der Waals surface area contributed by atoms with Crippen LogP contribution < -0.4 is 10.6 Å². The Kier molecular flexibility index (Phi) is 7.36. The molecule has 1 aromatic carbocycles. The van der Waals surface area contributed by atoms with Gasteiger partial charge in [0.25, 0.3) is 0 Å². The molecule has 1 saturated heterocycles. The Morgan fingerprint density at radius 1 is 1.22 bits per heavy atom. The van der Waals surface area contributed by atoms with Crippen molar-refractivity contribution in [2.45, 2.75) is 25.8 Å². The van der Waals surface area contributed by atoms with Gasteiger partial charge in [0.05, 0.1) is 12.6 Å². The first-order valence-electron chi connectivity index (χ1n) is 8.48. The van der Waals surface area contributed by atoms with Crippen LogP contribution >= 0.6 is 0 Å². The molecule has 1 aliphatic rings. The third-order valence-electron chi connectivity index (χ3n) is 4.33. The van der Waals surface area contributed by atoms with E-state index in [2.05, 4.69) is 51.7 Å². The minimum Gasteiger partial charge on any atom is -0.383 e. The number of methoxy groups -OCH3 is 1. The Morgan fingerprint density at radius 2 is 1.91 bits per heavy atom. The summed E-state index contributed by atoms with van der Waals surface area (Å²) in [5.41, 5.74) is 2.68. The highest BCUT2D eigenvalue weighted by Gasteiger charge is 2.23. The van der Waals surface area contributed by atoms with E-state index in [1.807, 2.05) is 0 Å². The van der Waals surface area contributed by atoms with E-state index in [0.717, 1.165) is 19.0 Å². The molecule has 0 saturated carbocycles. The third-order valence-corrected chi connectivity index (χ3v) is 4.33. The smallest absolute Gasteiger partial charge is 0.191 e. The topological polar surface area (TPSA) is 48.9 Å². The lowest BCUT2D eigenvalue weighted by Gasteiger charge is -2.29. The third kappa shape index (κ3) is 5.52. The molecule has 1 heterocycles. The first-order chi connectivity index (χ1) is 11.2. The van der Waals surface area contributed by atoms with Crippen LogP contribution in [-0.4, -0.2) is 57.8 Å². The minimum atomic E-state index is 0.388. The predicted octanol–water partition coefficient (Wildman–Crippen LogP) is 1.94. The second-order valence-electron chi connectivity index (χ2n) is 6.04. The zero-order chi connectivity index (χ0) is 16.5. The molecule has 0 radical (unpaired) electrons. The zero-order valence-corrected chi connectivity index (χ0v) is 14.6. The molecular weight excluding hydrogens is 288 g/mol. The summed E-state index contributed by atoms with van der Waals surface area (Å²) in [7, 11) is 3.51. The highest BCUT2D eigenvalue weighted by atomic mass is 16.5. The van der Waals surface area contributed by atoms with Crippen molar-refractivity contribution in [1.82, 2.24) is 15.5 Å². The molecule has 128 valence electrons. The van der Waals surface area contributed by atoms with E-state index in [-0.39, 0.29) is 0 Å². The number of guanidine groups is 1. The SMILES string of the molecule is CN=C(NCCOC)NCC(c1ccc(C)cc1)N1CCCC1. The number of hydrogen-bond donors (Lipinski definition) is 2. The van der Waals surface area contributed by atoms with Gasteiger partial charge >= 0.3 is 0 Å². The molecule has 1 unspecified atom stereocenters. The molecule has 0 bridgehead atoms. The summed E-state index contributed by atoms with van der Waals surface area (Å²) in [6, 6.07) is 9.29. The summed E-state index contributed by atoms with van der Waals surface area (Å²) >= 11 is 0. The van der Waals surface area contributed by atoms with Crippen LogP contribution in [0.5, 0.6) is 0 Å². The Hall–Kier alpha value is -1.59. The van der Waals surface area contributed by atoms with E-state index >= 15 is 0 Å². The van der Waals surface area contributed by atoms with Crippen molar-refractivity contribution < 1.29 is 4.74 Å². The van der Waals surface area contributed by atoms with Gasteiger partial charge in [0.15, 0.2) is 5.96 Å². The lowest BCUT2D eigenvalue weighted by molar-refractivity contribution is 0.203. The standard InChI is InChI=1S/C18H30N4O/c1-15-6-8-16(9-7-15)17(22-11-4-5-12-22)14-21-18(19-2)20-10-13-23-3/h6-9,17H,4-5,10-14H2,1-3H3,(H2,19,20,21). The fraction of sp³-hybridized carbons (Fsp3) is 0.611. The van der Waals surface area contributed by atoms with Crippen LogP contribution in [0, 0.1) is 6.92 Å². The maximum atomic E-state index is 5.07. The number of nitrogens with one attached hydrogen (secondary N) is 2. The van der Waals surface area contributed by atoms with Crippen molar-refractivity contribution in [3.63, 3.8) is 0 Å². The lowest BCUT2D eigenvalue weighted by atomic mass is 10.0. The first kappa shape index (κ1) is 17.8. The molecule has 1 atom stereocenters. The molecule has 1 aliphatic heterocycles. The number of hydrogen-bond acceptors (Lipinski definition) is 3. The fourth-order valence-electron chi connectivity index (χ4n) is 2.99. The van der Waals surface area contributed by atoms with Gasteiger partial charge in [-0.15, -0.1) is 0 Å². The second kappa shape index (κ2) is 9.53. The van der Waals surface area contributed by atoms with Gasteiger partial charge in [-0.05, 0) is 38.4 Å². The Morgan fingerprint density at radius 3 is 2.52 bits per heavy atom. The maximum absolute atomic E-state index is 5.07. The van der Waals surface area contributed by atoms with Crippen LogP contribution in [-0.2, 0) is 4.74 Å². The number of aryl methyl sites for hydroxylation is 1. The number of ether oxygens (including phenoxy) is 1. The highest BCUT2D eigenvalue weighted by molar-refractivity contribution is 5.79. The molecule has 0 amide bonds. The molecular formula is C18H30N4O. The van der Waals surface area contributed by atoms with E-state index in [9.17, 15) is 0 Å². The van der Waals surface area contributed by atoms with E-state index in [1.165, 1.54) is 37.1 Å². The molecule has 0 aromatic heterocycles. The van der Waals surface area contributed by atoms with Crippen LogP contribution in [0.1, 0.15) is 30.0 Å². The van der Waals surface area contributed by atoms with Crippen molar-refractivity contribution in [2.75, 3.05) is 46.9 Å². The van der Waals surface area contributed by atoms with Gasteiger partial charge in [-0.1, -0.05) is 29.8 Å². The molecule has 1 fully saturated rings. The summed E-state index contributed by atoms with van der Waals surface area (Å²) in [6.07, 6.45) is 2.59. The number of aliphatic imine (C=N–C) groups is 1. The molecule has 2 rings (SSSR count). The minimum absolute atomic E-state index is 0.388. The van der Waals surface area contributed by atoms with Crippen molar-refractivity contribution in [1.29, 1.82) is 0 Å². The summed E-state index contributed by atoms with van der Waals surface area (Å²) in [4.78, 5) is 6.86. The lowest BCUT2D eigenvalue weighted by Crippen LogP contribution is -2.43. The van der Waals surface area contributed by atoms with Gasteiger partial charge < -0.3 is 15.4 Å². The van der Waals surface area contributed by atoms with Crippen LogP contribution in [0.2, 0.25) is 0 Å². The summed E-state index contributed by atoms with van der Waals surface area (Å²) in [5.74, 6) is 0.832. The normalized spacial score (nSPS) is 17.3. The van der Waals surface area contributed by atoms with Crippen LogP contribution in [0.25, 0.3) is 0 Å². The van der Waals surface area contributed by atoms with Crippen LogP contribution in [0.3, 0.4) is 0 Å². The summed E-state index contributed by atoms with van der Waals surface area (Å²) < 4.78 is 5.07. The molecule has 5 nitrogen and oxygen atoms in total. The van der Waals surface area contributed by atoms with Crippen molar-refractivity contribution in [2.24, 2.45) is 4.99 Å². The number of likely N-dealkylation sites (tertiary alicyclic amines) is 1. The van der Waals surface area contributed by atoms with Crippen LogP contribution in [0.4, 0.5) is 0 Å². The molecule has 23 heavy (non-hydrogen) atoms. The van der Waals surface area contributed by atoms with Gasteiger partial charge in [0.2, 0.25) is 0 Å². The van der Waals surface area contributed by atoms with Crippen molar-refractivity contribution in [3.05, 3.63) is 35.4 Å². The first-order valence-corrected chi connectivity index (χ1v) is 8.48. The molecule has 0 spiro atoms. The summed E-state index contributed by atoms with van der Waals surface area (Å²) in [6.45, 7) is 6.78.